The first-order chi connectivity index (χ1) is 22.4. The third-order valence-electron chi connectivity index (χ3n) is 6.68. The third kappa shape index (κ3) is 14.4. The fourth-order valence-corrected chi connectivity index (χ4v) is 4.41. The maximum Gasteiger partial charge on any atom is 0.485 e. The summed E-state index contributed by atoms with van der Waals surface area (Å²) >= 11 is 0. The van der Waals surface area contributed by atoms with Gasteiger partial charge in [0.1, 0.15) is 0 Å². The minimum atomic E-state index is -6.09. The van der Waals surface area contributed by atoms with E-state index in [0.717, 1.165) is 129 Å². The van der Waals surface area contributed by atoms with E-state index < -0.39 is 31.3 Å². The zero-order valence-electron chi connectivity index (χ0n) is 26.0. The van der Waals surface area contributed by atoms with Crippen LogP contribution in [0.5, 0.6) is 0 Å². The van der Waals surface area contributed by atoms with Crippen molar-refractivity contribution in [2.24, 2.45) is 20.0 Å². The monoisotopic (exact) mass is 1110 g/mol. The number of fused-ring (bicyclic) bond motifs is 4. The molecule has 8 aliphatic heterocycles. The second-order valence-electron chi connectivity index (χ2n) is 10.0. The van der Waals surface area contributed by atoms with Gasteiger partial charge in [0.25, 0.3) is 0 Å². The van der Waals surface area contributed by atoms with Crippen LogP contribution in [0.4, 0.5) is 26.3 Å². The molecule has 8 heterocycles. The number of hydrogen-bond donors (Lipinski definition) is 0. The Kier molecular flexibility index (Phi) is 18.5. The van der Waals surface area contributed by atoms with Crippen LogP contribution in [0.2, 0.25) is 0 Å². The predicted molar refractivity (Wildman–Crippen MR) is 160 cm³/mol. The largest absolute Gasteiger partial charge is 0.741 e. The SMILES string of the molecule is C1CN2CC[N-]C2=N1.C1CN2CC[N-]C2=N1.C1CN2CC[N-]C2=N1.C1CN2CC[N-]C2=N1.O=S(=O)([O-])C(F)(F)F.O=S(=O)([O-])C(F)(F)F.[Re].[Re]. The Balaban J connectivity index is 0.000000298. The zero-order chi connectivity index (χ0) is 35.6. The molecule has 0 bridgehead atoms. The molecule has 0 amide bonds. The van der Waals surface area contributed by atoms with Gasteiger partial charge in [-0.3, -0.25) is 0 Å². The summed E-state index contributed by atoms with van der Waals surface area (Å²) in [4.78, 5) is 25.6. The van der Waals surface area contributed by atoms with Gasteiger partial charge in [0.2, 0.25) is 0 Å². The third-order valence-corrected chi connectivity index (χ3v) is 7.82. The molecule has 0 unspecified atom stereocenters. The van der Waals surface area contributed by atoms with Crippen LogP contribution in [-0.4, -0.2) is 185 Å². The Hall–Kier alpha value is -2.20. The van der Waals surface area contributed by atoms with Crippen molar-refractivity contribution in [2.45, 2.75) is 11.0 Å². The van der Waals surface area contributed by atoms with Gasteiger partial charge in [-0.1, -0.05) is 0 Å². The summed E-state index contributed by atoms with van der Waals surface area (Å²) in [5.41, 5.74) is -11.3. The standard InChI is InChI=1S/4C5H8N3.2CHF3O3S.2Re/c4*1-3-8-4-2-7-5(8)6-1;2*2-1(3,4)8(5,6)7;;/h4*1-4H2;2*(H,5,6,7);;/q4*-1;;;;/p-2. The number of halogens is 6. The number of nitrogens with zero attached hydrogens (tertiary/aromatic N) is 12. The molecule has 0 N–H and O–H groups in total. The fraction of sp³-hybridized carbons (Fsp3) is 0.818. The van der Waals surface area contributed by atoms with Gasteiger partial charge >= 0.3 is 11.0 Å². The molecule has 18 nitrogen and oxygen atoms in total. The molecule has 4 fully saturated rings. The maximum atomic E-state index is 10.7. The van der Waals surface area contributed by atoms with Crippen molar-refractivity contribution in [3.8, 4) is 0 Å². The molecule has 0 saturated carbocycles. The van der Waals surface area contributed by atoms with Crippen molar-refractivity contribution in [3.63, 3.8) is 0 Å². The van der Waals surface area contributed by atoms with Gasteiger partial charge in [0.15, 0.2) is 20.2 Å². The number of hydrogen-bond acceptors (Lipinski definition) is 14. The molecule has 8 aliphatic rings. The van der Waals surface area contributed by atoms with Gasteiger partial charge in [0, 0.05) is 64.7 Å². The normalized spacial score (nSPS) is 20.5. The van der Waals surface area contributed by atoms with Gasteiger partial charge in [0.05, 0.1) is 0 Å². The Bertz CT molecular complexity index is 1270. The van der Waals surface area contributed by atoms with Gasteiger partial charge in [-0.05, 0) is 105 Å². The van der Waals surface area contributed by atoms with E-state index >= 15 is 0 Å². The van der Waals surface area contributed by atoms with Gasteiger partial charge in [-0.15, -0.1) is 0 Å². The number of guanidine groups is 4. The van der Waals surface area contributed by atoms with Crippen LogP contribution in [0.25, 0.3) is 21.3 Å². The molecule has 8 rings (SSSR count). The summed E-state index contributed by atoms with van der Waals surface area (Å²) in [6, 6.07) is 0. The molecule has 0 atom stereocenters. The summed E-state index contributed by atoms with van der Waals surface area (Å²) in [7, 11) is -12.2. The van der Waals surface area contributed by atoms with Crippen molar-refractivity contribution < 1.29 is 93.1 Å². The Morgan fingerprint density at radius 1 is 0.460 bits per heavy atom. The minimum Gasteiger partial charge on any atom is -0.741 e. The van der Waals surface area contributed by atoms with Crippen molar-refractivity contribution in [1.82, 2.24) is 19.6 Å². The van der Waals surface area contributed by atoms with Gasteiger partial charge in [-0.25, -0.2) is 16.8 Å². The number of aliphatic imine (C=N–C) groups is 4. The Morgan fingerprint density at radius 3 is 0.780 bits per heavy atom. The summed E-state index contributed by atoms with van der Waals surface area (Å²) in [5, 5.41) is 16.7. The quantitative estimate of drug-likeness (QED) is 0.183. The molecule has 28 heteroatoms. The topological polar surface area (TPSA) is 233 Å². The van der Waals surface area contributed by atoms with Crippen LogP contribution in [0, 0.1) is 0 Å². The summed E-state index contributed by atoms with van der Waals surface area (Å²) < 4.78 is 118. The van der Waals surface area contributed by atoms with Crippen LogP contribution in [0.1, 0.15) is 0 Å². The van der Waals surface area contributed by atoms with E-state index in [4.69, 9.17) is 25.9 Å². The van der Waals surface area contributed by atoms with Gasteiger partial charge in [-0.2, -0.15) is 26.3 Å². The van der Waals surface area contributed by atoms with Crippen molar-refractivity contribution in [1.29, 1.82) is 0 Å². The van der Waals surface area contributed by atoms with Crippen LogP contribution in [0.3, 0.4) is 0 Å². The number of alkyl halides is 6. The predicted octanol–water partition coefficient (Wildman–Crippen LogP) is 0.279. The van der Waals surface area contributed by atoms with Crippen LogP contribution < -0.4 is 0 Å². The second-order valence-corrected chi connectivity index (χ2v) is 12.7. The van der Waals surface area contributed by atoms with E-state index in [1.54, 1.807) is 0 Å². The Labute approximate surface area is 312 Å². The molecule has 50 heavy (non-hydrogen) atoms. The van der Waals surface area contributed by atoms with E-state index in [1.165, 1.54) is 0 Å². The molecule has 4 saturated heterocycles. The summed E-state index contributed by atoms with van der Waals surface area (Å²) in [5.74, 6) is 3.96. The molecule has 0 aromatic heterocycles. The average Bonchev–Trinajstić information content (AvgIpc) is 3.80. The van der Waals surface area contributed by atoms with E-state index in [9.17, 15) is 26.3 Å². The molecular formula is C22H32F6N12O6Re2S2-6. The molecular weight excluding hydrogens is 1080 g/mol. The minimum absolute atomic E-state index is 0. The first-order valence-corrected chi connectivity index (χ1v) is 17.1. The smallest absolute Gasteiger partial charge is 0.485 e. The summed E-state index contributed by atoms with van der Waals surface area (Å²) in [6.45, 7) is 16.4. The second kappa shape index (κ2) is 20.2. The van der Waals surface area contributed by atoms with E-state index in [0.29, 0.717) is 0 Å². The average molecular weight is 1110 g/mol. The first-order valence-electron chi connectivity index (χ1n) is 14.3. The molecule has 0 aromatic rings. The first kappa shape index (κ1) is 45.8. The van der Waals surface area contributed by atoms with E-state index in [2.05, 4.69) is 60.8 Å². The van der Waals surface area contributed by atoms with Crippen LogP contribution in [-0.2, 0) is 61.1 Å². The van der Waals surface area contributed by atoms with Crippen LogP contribution in [0.15, 0.2) is 20.0 Å². The zero-order valence-corrected chi connectivity index (χ0v) is 33.0. The fourth-order valence-electron chi connectivity index (χ4n) is 4.41. The molecule has 0 aliphatic carbocycles. The Morgan fingerprint density at radius 2 is 0.640 bits per heavy atom. The molecule has 0 aromatic carbocycles. The van der Waals surface area contributed by atoms with Crippen molar-refractivity contribution >= 4 is 44.1 Å². The van der Waals surface area contributed by atoms with Crippen molar-refractivity contribution in [2.75, 3.05) is 105 Å². The van der Waals surface area contributed by atoms with E-state index in [1.807, 2.05) is 0 Å². The molecule has 0 spiro atoms. The maximum absolute atomic E-state index is 10.7. The van der Waals surface area contributed by atoms with Gasteiger partial charge < -0.3 is 69.9 Å². The van der Waals surface area contributed by atoms with Crippen molar-refractivity contribution in [3.05, 3.63) is 21.3 Å². The van der Waals surface area contributed by atoms with E-state index in [-0.39, 0.29) is 40.8 Å². The summed E-state index contributed by atoms with van der Waals surface area (Å²) in [6.07, 6.45) is 0. The molecule has 290 valence electrons. The molecule has 2 radical (unpaired) electrons. The van der Waals surface area contributed by atoms with Crippen LogP contribution >= 0.6 is 0 Å². The number of rotatable bonds is 0.